The van der Waals surface area contributed by atoms with Crippen molar-refractivity contribution in [2.45, 2.75) is 37.9 Å². The van der Waals surface area contributed by atoms with Gasteiger partial charge in [0.1, 0.15) is 11.4 Å². The van der Waals surface area contributed by atoms with Gasteiger partial charge in [-0.2, -0.15) is 18.3 Å². The van der Waals surface area contributed by atoms with Gasteiger partial charge in [0.05, 0.1) is 17.1 Å². The monoisotopic (exact) mass is 374 g/mol. The molecule has 0 radical (unpaired) electrons. The molecule has 1 saturated carbocycles. The van der Waals surface area contributed by atoms with Gasteiger partial charge >= 0.3 is 6.18 Å². The van der Waals surface area contributed by atoms with Crippen LogP contribution in [0.15, 0.2) is 42.5 Å². The summed E-state index contributed by atoms with van der Waals surface area (Å²) >= 11 is 0. The smallest absolute Gasteiger partial charge is 0.418 e. The third-order valence-electron chi connectivity index (χ3n) is 5.05. The van der Waals surface area contributed by atoms with Crippen LogP contribution in [0.4, 0.5) is 13.2 Å². The van der Waals surface area contributed by atoms with Crippen LogP contribution < -0.4 is 0 Å². The molecule has 1 N–H and O–H groups in total. The number of phenolic OH excluding ortho intramolecular Hbond substituents is 1. The van der Waals surface area contributed by atoms with E-state index in [9.17, 15) is 23.1 Å². The van der Waals surface area contributed by atoms with E-state index in [1.54, 1.807) is 0 Å². The van der Waals surface area contributed by atoms with Crippen LogP contribution in [0.5, 0.6) is 5.75 Å². The lowest BCUT2D eigenvalue weighted by atomic mass is 10.0. The van der Waals surface area contributed by atoms with E-state index in [4.69, 9.17) is 0 Å². The number of fused-ring (bicyclic) bond motifs is 1. The molecular weight excluding hydrogens is 357 g/mol. The van der Waals surface area contributed by atoms with E-state index in [0.29, 0.717) is 0 Å². The normalized spacial score (nSPS) is 15.5. The Bertz CT molecular complexity index is 1000. The molecule has 0 amide bonds. The van der Waals surface area contributed by atoms with E-state index in [2.05, 4.69) is 5.10 Å². The second-order valence-electron chi connectivity index (χ2n) is 6.81. The number of carbonyl (C=O) groups is 1. The van der Waals surface area contributed by atoms with Gasteiger partial charge in [-0.3, -0.25) is 9.48 Å². The van der Waals surface area contributed by atoms with Crippen LogP contribution in [0.3, 0.4) is 0 Å². The molecule has 0 bridgehead atoms. The average molecular weight is 374 g/mol. The number of phenols is 1. The first-order valence-electron chi connectivity index (χ1n) is 8.78. The molecule has 0 saturated heterocycles. The molecule has 4 nitrogen and oxygen atoms in total. The van der Waals surface area contributed by atoms with Gasteiger partial charge in [-0.1, -0.05) is 25.0 Å². The van der Waals surface area contributed by atoms with Crippen molar-refractivity contribution in [3.05, 3.63) is 59.3 Å². The van der Waals surface area contributed by atoms with E-state index < -0.39 is 17.5 Å². The molecule has 140 valence electrons. The van der Waals surface area contributed by atoms with Crippen LogP contribution in [0.1, 0.15) is 53.3 Å². The molecule has 1 aliphatic carbocycles. The lowest BCUT2D eigenvalue weighted by Gasteiger charge is -2.15. The first kappa shape index (κ1) is 17.6. The molecule has 0 unspecified atom stereocenters. The molecule has 2 aromatic carbocycles. The number of rotatable bonds is 3. The number of aromatic nitrogens is 2. The topological polar surface area (TPSA) is 55.1 Å². The highest BCUT2D eigenvalue weighted by molar-refractivity contribution is 6.15. The second-order valence-corrected chi connectivity index (χ2v) is 6.81. The van der Waals surface area contributed by atoms with Crippen molar-refractivity contribution in [1.82, 2.24) is 9.78 Å². The van der Waals surface area contributed by atoms with Crippen LogP contribution in [-0.2, 0) is 6.18 Å². The standard InChI is InChI=1S/C20H17F3N2O2/c21-20(22,23)16-7-3-6-15-17(19(27)12-8-10-14(26)11-9-12)24-25(18(15)16)13-4-1-2-5-13/h3,6-11,13,26H,1-2,4-5H2. The summed E-state index contributed by atoms with van der Waals surface area (Å²) in [6, 6.07) is 9.31. The number of hydrogen-bond donors (Lipinski definition) is 1. The van der Waals surface area contributed by atoms with Crippen molar-refractivity contribution in [2.24, 2.45) is 0 Å². The predicted molar refractivity (Wildman–Crippen MR) is 93.8 cm³/mol. The first-order chi connectivity index (χ1) is 12.9. The summed E-state index contributed by atoms with van der Waals surface area (Å²) in [6.07, 6.45) is -1.18. The zero-order chi connectivity index (χ0) is 19.2. The summed E-state index contributed by atoms with van der Waals surface area (Å²) in [5.74, 6) is -0.455. The van der Waals surface area contributed by atoms with Gasteiger partial charge in [0.25, 0.3) is 0 Å². The lowest BCUT2D eigenvalue weighted by Crippen LogP contribution is -2.12. The highest BCUT2D eigenvalue weighted by Gasteiger charge is 2.36. The van der Waals surface area contributed by atoms with Crippen molar-refractivity contribution in [3.63, 3.8) is 0 Å². The van der Waals surface area contributed by atoms with Crippen molar-refractivity contribution >= 4 is 16.7 Å². The first-order valence-corrected chi connectivity index (χ1v) is 8.78. The Morgan fingerprint density at radius 3 is 2.37 bits per heavy atom. The third-order valence-corrected chi connectivity index (χ3v) is 5.05. The Morgan fingerprint density at radius 2 is 1.74 bits per heavy atom. The fourth-order valence-electron chi connectivity index (χ4n) is 3.75. The quantitative estimate of drug-likeness (QED) is 0.649. The maximum absolute atomic E-state index is 13.6. The Balaban J connectivity index is 1.94. The number of hydrogen-bond acceptors (Lipinski definition) is 3. The fourth-order valence-corrected chi connectivity index (χ4v) is 3.75. The molecule has 7 heteroatoms. The molecule has 0 aliphatic heterocycles. The molecule has 1 aromatic heterocycles. The highest BCUT2D eigenvalue weighted by atomic mass is 19.4. The largest absolute Gasteiger partial charge is 0.508 e. The summed E-state index contributed by atoms with van der Waals surface area (Å²) in [5, 5.41) is 14.0. The summed E-state index contributed by atoms with van der Waals surface area (Å²) in [6.45, 7) is 0. The Morgan fingerprint density at radius 1 is 1.07 bits per heavy atom. The minimum absolute atomic E-state index is 0.00671. The predicted octanol–water partition coefficient (Wildman–Crippen LogP) is 5.11. The zero-order valence-electron chi connectivity index (χ0n) is 14.3. The number of halogens is 3. The van der Waals surface area contributed by atoms with Crippen molar-refractivity contribution in [2.75, 3.05) is 0 Å². The molecule has 3 aromatic rings. The number of aromatic hydroxyl groups is 1. The second kappa shape index (κ2) is 6.40. The number of carbonyl (C=O) groups excluding carboxylic acids is 1. The molecule has 4 rings (SSSR count). The number of nitrogens with zero attached hydrogens (tertiary/aromatic N) is 2. The molecule has 27 heavy (non-hydrogen) atoms. The Kier molecular flexibility index (Phi) is 4.17. The van der Waals surface area contributed by atoms with Gasteiger partial charge in [-0.15, -0.1) is 0 Å². The maximum Gasteiger partial charge on any atom is 0.418 e. The van der Waals surface area contributed by atoms with E-state index >= 15 is 0 Å². The average Bonchev–Trinajstić information content (AvgIpc) is 3.28. The van der Waals surface area contributed by atoms with Crippen molar-refractivity contribution in [1.29, 1.82) is 0 Å². The molecule has 1 aliphatic rings. The van der Waals surface area contributed by atoms with E-state index in [1.165, 1.54) is 41.1 Å². The van der Waals surface area contributed by atoms with Crippen LogP contribution in [-0.4, -0.2) is 20.7 Å². The van der Waals surface area contributed by atoms with Crippen molar-refractivity contribution < 1.29 is 23.1 Å². The molecule has 1 heterocycles. The third kappa shape index (κ3) is 3.07. The van der Waals surface area contributed by atoms with Crippen LogP contribution in [0, 0.1) is 0 Å². The summed E-state index contributed by atoms with van der Waals surface area (Å²) in [7, 11) is 0. The number of ketones is 1. The van der Waals surface area contributed by atoms with Crippen LogP contribution in [0.2, 0.25) is 0 Å². The molecule has 0 spiro atoms. The Hall–Kier alpha value is -2.83. The van der Waals surface area contributed by atoms with Gasteiger partial charge in [0.2, 0.25) is 5.78 Å². The minimum Gasteiger partial charge on any atom is -0.508 e. The van der Waals surface area contributed by atoms with Gasteiger partial charge < -0.3 is 5.11 Å². The molecule has 1 fully saturated rings. The summed E-state index contributed by atoms with van der Waals surface area (Å²) in [5.41, 5.74) is -0.528. The zero-order valence-corrected chi connectivity index (χ0v) is 14.3. The summed E-state index contributed by atoms with van der Waals surface area (Å²) in [4.78, 5) is 12.9. The van der Waals surface area contributed by atoms with E-state index in [1.807, 2.05) is 0 Å². The van der Waals surface area contributed by atoms with Gasteiger partial charge in [-0.25, -0.2) is 0 Å². The van der Waals surface area contributed by atoms with Crippen molar-refractivity contribution in [3.8, 4) is 5.75 Å². The highest BCUT2D eigenvalue weighted by Crippen LogP contribution is 2.40. The SMILES string of the molecule is O=C(c1ccc(O)cc1)c1nn(C2CCCC2)c2c(C(F)(F)F)cccc12. The van der Waals surface area contributed by atoms with E-state index in [-0.39, 0.29) is 34.0 Å². The van der Waals surface area contributed by atoms with E-state index in [0.717, 1.165) is 31.7 Å². The summed E-state index contributed by atoms with van der Waals surface area (Å²) < 4.78 is 42.2. The van der Waals surface area contributed by atoms with Crippen LogP contribution in [0.25, 0.3) is 10.9 Å². The molecular formula is C20H17F3N2O2. The van der Waals surface area contributed by atoms with Gasteiger partial charge in [0, 0.05) is 10.9 Å². The van der Waals surface area contributed by atoms with Crippen LogP contribution >= 0.6 is 0 Å². The minimum atomic E-state index is -4.53. The number of para-hydroxylation sites is 1. The maximum atomic E-state index is 13.6. The fraction of sp³-hybridized carbons (Fsp3) is 0.300. The number of benzene rings is 2. The molecule has 0 atom stereocenters. The van der Waals surface area contributed by atoms with Gasteiger partial charge in [0.15, 0.2) is 0 Å². The Labute approximate surface area is 153 Å². The van der Waals surface area contributed by atoms with Gasteiger partial charge in [-0.05, 0) is 43.2 Å². The lowest BCUT2D eigenvalue weighted by molar-refractivity contribution is -0.136. The number of alkyl halides is 3.